The van der Waals surface area contributed by atoms with Gasteiger partial charge in [-0.15, -0.1) is 4.73 Å². The normalized spacial score (nSPS) is 20.1. The monoisotopic (exact) mass is 588 g/mol. The summed E-state index contributed by atoms with van der Waals surface area (Å²) in [6.45, 7) is 4.42. The van der Waals surface area contributed by atoms with Crippen LogP contribution in [0.1, 0.15) is 32.1 Å². The number of nitrogens with zero attached hydrogens (tertiary/aromatic N) is 2. The second-order valence-corrected chi connectivity index (χ2v) is 10.9. The van der Waals surface area contributed by atoms with Crippen LogP contribution >= 0.6 is 11.8 Å². The zero-order valence-corrected chi connectivity index (χ0v) is 24.1. The van der Waals surface area contributed by atoms with E-state index < -0.39 is 0 Å². The van der Waals surface area contributed by atoms with Crippen LogP contribution in [0.4, 0.5) is 4.79 Å². The molecule has 0 aliphatic carbocycles. The average Bonchev–Trinajstić information content (AvgIpc) is 3.58. The van der Waals surface area contributed by atoms with Crippen LogP contribution in [-0.4, -0.2) is 128 Å². The van der Waals surface area contributed by atoms with Gasteiger partial charge in [-0.25, -0.2) is 4.79 Å². The van der Waals surface area contributed by atoms with Crippen molar-refractivity contribution < 1.29 is 43.6 Å². The van der Waals surface area contributed by atoms with Crippen molar-refractivity contribution >= 4 is 23.7 Å². The fourth-order valence-corrected chi connectivity index (χ4v) is 6.21. The van der Waals surface area contributed by atoms with E-state index in [1.54, 1.807) is 0 Å². The van der Waals surface area contributed by atoms with Gasteiger partial charge in [-0.3, -0.25) is 4.79 Å². The van der Waals surface area contributed by atoms with Gasteiger partial charge in [0, 0.05) is 49.6 Å². The number of likely N-dealkylation sites (N-methyl/N-ethyl adjacent to an activating group) is 1. The van der Waals surface area contributed by atoms with Crippen molar-refractivity contribution in [3.63, 3.8) is 0 Å². The molecule has 3 amide bonds. The third-order valence-electron chi connectivity index (χ3n) is 6.64. The van der Waals surface area contributed by atoms with Crippen LogP contribution in [0.2, 0.25) is 0 Å². The Bertz CT molecular complexity index is 871. The lowest BCUT2D eigenvalue weighted by Gasteiger charge is -2.23. The lowest BCUT2D eigenvalue weighted by atomic mass is 10.0. The predicted octanol–water partition coefficient (Wildman–Crippen LogP) is 0.969. The topological polar surface area (TPSA) is 153 Å². The molecule has 2 saturated heterocycles. The van der Waals surface area contributed by atoms with Gasteiger partial charge in [0.25, 0.3) is 0 Å². The molecule has 1 aromatic heterocycles. The van der Waals surface area contributed by atoms with Gasteiger partial charge >= 0.3 is 6.03 Å². The molecule has 3 rings (SSSR count). The summed E-state index contributed by atoms with van der Waals surface area (Å²) in [5.41, 5.74) is 0. The fraction of sp³-hybridized carbons (Fsp3) is 0.769. The van der Waals surface area contributed by atoms with Crippen molar-refractivity contribution in [1.29, 1.82) is 0 Å². The molecule has 3 unspecified atom stereocenters. The van der Waals surface area contributed by atoms with Crippen LogP contribution < -0.4 is 15.5 Å². The van der Waals surface area contributed by atoms with Crippen molar-refractivity contribution in [2.45, 2.75) is 49.4 Å². The number of urea groups is 1. The first-order chi connectivity index (χ1) is 19.5. The van der Waals surface area contributed by atoms with Gasteiger partial charge in [0.15, 0.2) is 0 Å². The molecule has 228 valence electrons. The summed E-state index contributed by atoms with van der Waals surface area (Å²) >= 11 is 1.92. The number of thioether (sulfide) groups is 1. The van der Waals surface area contributed by atoms with Gasteiger partial charge in [0.1, 0.15) is 6.61 Å². The summed E-state index contributed by atoms with van der Waals surface area (Å²) in [5.74, 6) is 0.696. The Hall–Kier alpha value is -2.39. The summed E-state index contributed by atoms with van der Waals surface area (Å²) in [4.78, 5) is 30.9. The van der Waals surface area contributed by atoms with Crippen molar-refractivity contribution in [1.82, 2.24) is 20.3 Å². The quantitative estimate of drug-likeness (QED) is 0.114. The van der Waals surface area contributed by atoms with Crippen molar-refractivity contribution in [2.75, 3.05) is 78.8 Å². The molecule has 3 atom stereocenters. The summed E-state index contributed by atoms with van der Waals surface area (Å²) in [5, 5.41) is 25.3. The van der Waals surface area contributed by atoms with E-state index in [9.17, 15) is 19.8 Å². The van der Waals surface area contributed by atoms with Crippen molar-refractivity contribution in [3.8, 4) is 11.8 Å². The standard InChI is InChI=1S/C26H44N4O9S/c1-29-25-20(28-26(29)34)19-40-21(25)5-2-3-6-22(31)27-9-12-36-14-16-38-18-17-37-15-13-35-10-4-11-39-30-23(32)7-8-24(30)33/h7-8,20-21,25,32-33H,2-6,9-19H2,1H3,(H,27,31)(H,28,34). The van der Waals surface area contributed by atoms with E-state index in [1.165, 1.54) is 12.1 Å². The van der Waals surface area contributed by atoms with Crippen LogP contribution in [0.15, 0.2) is 12.1 Å². The number of carbonyl (C=O) groups excluding carboxylic acids is 2. The highest BCUT2D eigenvalue weighted by Gasteiger charge is 2.46. The molecule has 0 saturated carbocycles. The molecule has 4 N–H and O–H groups in total. The maximum atomic E-state index is 12.0. The summed E-state index contributed by atoms with van der Waals surface area (Å²) in [6.07, 6.45) is 3.95. The zero-order valence-electron chi connectivity index (χ0n) is 23.3. The number of nitrogens with one attached hydrogen (secondary N) is 2. The maximum Gasteiger partial charge on any atom is 0.317 e. The number of aromatic nitrogens is 1. The van der Waals surface area contributed by atoms with E-state index in [0.29, 0.717) is 84.1 Å². The summed E-state index contributed by atoms with van der Waals surface area (Å²) < 4.78 is 22.8. The fourth-order valence-electron chi connectivity index (χ4n) is 4.57. The number of amides is 3. The minimum absolute atomic E-state index is 0.0247. The molecule has 14 heteroatoms. The SMILES string of the molecule is CN1C(=O)NC2CSC(CCCCC(=O)NCCOCCOCCOCCOCCCOn3c(O)ccc3O)C21. The van der Waals surface area contributed by atoms with Gasteiger partial charge in [-0.2, -0.15) is 11.8 Å². The maximum absolute atomic E-state index is 12.0. The molecular weight excluding hydrogens is 544 g/mol. The molecule has 40 heavy (non-hydrogen) atoms. The Balaban J connectivity index is 1.01. The summed E-state index contributed by atoms with van der Waals surface area (Å²) in [7, 11) is 1.87. The van der Waals surface area contributed by atoms with Gasteiger partial charge < -0.3 is 49.5 Å². The van der Waals surface area contributed by atoms with E-state index in [0.717, 1.165) is 29.7 Å². The highest BCUT2D eigenvalue weighted by molar-refractivity contribution is 8.00. The molecule has 2 fully saturated rings. The lowest BCUT2D eigenvalue weighted by molar-refractivity contribution is -0.121. The number of aromatic hydroxyl groups is 2. The van der Waals surface area contributed by atoms with E-state index in [4.69, 9.17) is 23.8 Å². The minimum atomic E-state index is -0.157. The molecule has 0 radical (unpaired) electrons. The molecule has 13 nitrogen and oxygen atoms in total. The van der Waals surface area contributed by atoms with E-state index >= 15 is 0 Å². The number of carbonyl (C=O) groups is 2. The highest BCUT2D eigenvalue weighted by atomic mass is 32.2. The second kappa shape index (κ2) is 18.1. The van der Waals surface area contributed by atoms with Crippen LogP contribution in [0.5, 0.6) is 11.8 Å². The van der Waals surface area contributed by atoms with Gasteiger partial charge in [0.05, 0.1) is 64.9 Å². The van der Waals surface area contributed by atoms with E-state index in [-0.39, 0.29) is 35.8 Å². The smallest absolute Gasteiger partial charge is 0.317 e. The molecular formula is C26H44N4O9S. The van der Waals surface area contributed by atoms with E-state index in [1.807, 2.05) is 23.7 Å². The van der Waals surface area contributed by atoms with Crippen LogP contribution in [0, 0.1) is 0 Å². The van der Waals surface area contributed by atoms with Gasteiger partial charge in [0.2, 0.25) is 17.7 Å². The Morgan fingerprint density at radius 2 is 1.57 bits per heavy atom. The Morgan fingerprint density at radius 3 is 2.25 bits per heavy atom. The van der Waals surface area contributed by atoms with E-state index in [2.05, 4.69) is 10.6 Å². The van der Waals surface area contributed by atoms with Crippen molar-refractivity contribution in [3.05, 3.63) is 12.1 Å². The largest absolute Gasteiger partial charge is 0.492 e. The van der Waals surface area contributed by atoms with Gasteiger partial charge in [-0.05, 0) is 12.8 Å². The highest BCUT2D eigenvalue weighted by Crippen LogP contribution is 2.36. The Morgan fingerprint density at radius 1 is 0.950 bits per heavy atom. The minimum Gasteiger partial charge on any atom is -0.492 e. The van der Waals surface area contributed by atoms with Crippen LogP contribution in [0.3, 0.4) is 0 Å². The Kier molecular flexibility index (Phi) is 14.6. The first-order valence-corrected chi connectivity index (χ1v) is 15.0. The molecule has 1 aromatic rings. The third kappa shape index (κ3) is 10.9. The molecule has 0 bridgehead atoms. The van der Waals surface area contributed by atoms with Gasteiger partial charge in [-0.1, -0.05) is 6.42 Å². The van der Waals surface area contributed by atoms with Crippen molar-refractivity contribution in [2.24, 2.45) is 0 Å². The molecule has 2 aliphatic heterocycles. The predicted molar refractivity (Wildman–Crippen MR) is 149 cm³/mol. The number of rotatable bonds is 22. The van der Waals surface area contributed by atoms with Crippen LogP contribution in [-0.2, 0) is 23.7 Å². The summed E-state index contributed by atoms with van der Waals surface area (Å²) in [6, 6.07) is 3.24. The number of hydrogen-bond acceptors (Lipinski definition) is 10. The lowest BCUT2D eigenvalue weighted by Crippen LogP contribution is -2.38. The second-order valence-electron chi connectivity index (χ2n) is 9.61. The molecule has 0 aromatic carbocycles. The number of ether oxygens (including phenoxy) is 4. The third-order valence-corrected chi connectivity index (χ3v) is 8.13. The molecule has 2 aliphatic rings. The number of fused-ring (bicyclic) bond motifs is 1. The average molecular weight is 589 g/mol. The number of unbranched alkanes of at least 4 members (excludes halogenated alkanes) is 1. The first kappa shape index (κ1) is 32.1. The number of hydrogen-bond donors (Lipinski definition) is 4. The molecule has 3 heterocycles. The van der Waals surface area contributed by atoms with Crippen LogP contribution in [0.25, 0.3) is 0 Å². The first-order valence-electron chi connectivity index (χ1n) is 13.9. The zero-order chi connectivity index (χ0) is 28.6. The Labute approximate surface area is 239 Å². The molecule has 0 spiro atoms.